The molecule has 1 unspecified atom stereocenters. The molecule has 2 rings (SSSR count). The summed E-state index contributed by atoms with van der Waals surface area (Å²) >= 11 is 2.23. The smallest absolute Gasteiger partial charge is 0.152 e. The van der Waals surface area contributed by atoms with Gasteiger partial charge in [0.15, 0.2) is 5.82 Å². The summed E-state index contributed by atoms with van der Waals surface area (Å²) < 4.78 is 16.1. The van der Waals surface area contributed by atoms with Gasteiger partial charge in [-0.15, -0.1) is 4.72 Å². The molecule has 1 saturated carbocycles. The van der Waals surface area contributed by atoms with Gasteiger partial charge in [0.05, 0.1) is 4.47 Å². The van der Waals surface area contributed by atoms with Crippen LogP contribution >= 0.6 is 15.9 Å². The number of nitrogens with zero attached hydrogens (tertiary/aromatic N) is 2. The molecule has 0 saturated heterocycles. The molecule has 1 aliphatic carbocycles. The third-order valence-corrected chi connectivity index (χ3v) is 5.20. The number of aromatic nitrogens is 2. The standard InChI is InChI=1S/C12H18BrN3OS/c1-11(2,3)18(17)16-12(5-4-6-12)10-14-7-9(13)8-15-10/h7-8,16H,4-6H2,1-3H3. The van der Waals surface area contributed by atoms with Crippen molar-refractivity contribution in [1.82, 2.24) is 14.7 Å². The fourth-order valence-corrected chi connectivity index (χ4v) is 2.95. The molecule has 0 aromatic carbocycles. The monoisotopic (exact) mass is 331 g/mol. The van der Waals surface area contributed by atoms with Crippen LogP contribution in [-0.4, -0.2) is 19.3 Å². The molecule has 1 aliphatic rings. The molecule has 0 aliphatic heterocycles. The number of hydrogen-bond donors (Lipinski definition) is 1. The largest absolute Gasteiger partial charge is 0.598 e. The van der Waals surface area contributed by atoms with E-state index in [1.165, 1.54) is 0 Å². The van der Waals surface area contributed by atoms with Crippen LogP contribution in [0.15, 0.2) is 16.9 Å². The highest BCUT2D eigenvalue weighted by atomic mass is 79.9. The van der Waals surface area contributed by atoms with Gasteiger partial charge < -0.3 is 4.55 Å². The van der Waals surface area contributed by atoms with Gasteiger partial charge in [-0.2, -0.15) is 0 Å². The van der Waals surface area contributed by atoms with E-state index in [4.69, 9.17) is 0 Å². The van der Waals surface area contributed by atoms with E-state index in [0.29, 0.717) is 0 Å². The molecule has 1 aromatic rings. The Morgan fingerprint density at radius 2 is 1.89 bits per heavy atom. The lowest BCUT2D eigenvalue weighted by Crippen LogP contribution is -2.55. The Balaban J connectivity index is 2.18. The molecule has 1 atom stereocenters. The van der Waals surface area contributed by atoms with Crippen LogP contribution in [0.1, 0.15) is 45.9 Å². The topological polar surface area (TPSA) is 60.9 Å². The normalized spacial score (nSPS) is 20.3. The van der Waals surface area contributed by atoms with Crippen molar-refractivity contribution in [1.29, 1.82) is 0 Å². The third kappa shape index (κ3) is 2.87. The van der Waals surface area contributed by atoms with Crippen LogP contribution in [-0.2, 0) is 16.9 Å². The summed E-state index contributed by atoms with van der Waals surface area (Å²) in [5, 5.41) is 0. The maximum Gasteiger partial charge on any atom is 0.152 e. The minimum Gasteiger partial charge on any atom is -0.598 e. The van der Waals surface area contributed by atoms with Crippen LogP contribution in [0.3, 0.4) is 0 Å². The number of halogens is 1. The first kappa shape index (κ1) is 14.2. The van der Waals surface area contributed by atoms with Gasteiger partial charge in [-0.05, 0) is 56.0 Å². The molecule has 100 valence electrons. The Bertz CT molecular complexity index is 414. The van der Waals surface area contributed by atoms with E-state index in [-0.39, 0.29) is 10.3 Å². The van der Waals surface area contributed by atoms with Crippen LogP contribution in [0.2, 0.25) is 0 Å². The minimum absolute atomic E-state index is 0.280. The highest BCUT2D eigenvalue weighted by Crippen LogP contribution is 2.41. The Labute approximate surface area is 119 Å². The summed E-state index contributed by atoms with van der Waals surface area (Å²) in [6.45, 7) is 5.89. The van der Waals surface area contributed by atoms with Crippen molar-refractivity contribution in [3.63, 3.8) is 0 Å². The second-order valence-corrected chi connectivity index (χ2v) is 8.53. The summed E-state index contributed by atoms with van der Waals surface area (Å²) in [7, 11) is 0. The maximum atomic E-state index is 12.2. The van der Waals surface area contributed by atoms with E-state index in [1.54, 1.807) is 12.4 Å². The molecular weight excluding hydrogens is 314 g/mol. The SMILES string of the molecule is CC(C)(C)[S+]([O-])NC1(c2ncc(Br)cn2)CCC1. The average molecular weight is 332 g/mol. The van der Waals surface area contributed by atoms with Crippen molar-refractivity contribution in [2.45, 2.75) is 50.3 Å². The molecule has 0 bridgehead atoms. The summed E-state index contributed by atoms with van der Waals surface area (Å²) in [6, 6.07) is 0. The van der Waals surface area contributed by atoms with Gasteiger partial charge in [-0.25, -0.2) is 9.97 Å². The van der Waals surface area contributed by atoms with Gasteiger partial charge in [0.1, 0.15) is 10.3 Å². The first-order valence-corrected chi connectivity index (χ1v) is 7.95. The Morgan fingerprint density at radius 3 is 2.28 bits per heavy atom. The predicted octanol–water partition coefficient (Wildman–Crippen LogP) is 2.67. The van der Waals surface area contributed by atoms with Crippen molar-refractivity contribution in [3.8, 4) is 0 Å². The van der Waals surface area contributed by atoms with Gasteiger partial charge in [0.2, 0.25) is 0 Å². The zero-order chi connectivity index (χ0) is 13.4. The van der Waals surface area contributed by atoms with Crippen molar-refractivity contribution < 1.29 is 4.55 Å². The van der Waals surface area contributed by atoms with E-state index in [2.05, 4.69) is 30.6 Å². The van der Waals surface area contributed by atoms with Gasteiger partial charge in [-0.3, -0.25) is 0 Å². The zero-order valence-electron chi connectivity index (χ0n) is 10.9. The summed E-state index contributed by atoms with van der Waals surface area (Å²) in [5.41, 5.74) is -0.307. The highest BCUT2D eigenvalue weighted by molar-refractivity contribution is 9.10. The van der Waals surface area contributed by atoms with Crippen LogP contribution in [0, 0.1) is 0 Å². The molecule has 0 radical (unpaired) electrons. The molecule has 1 heterocycles. The van der Waals surface area contributed by atoms with Crippen molar-refractivity contribution in [2.75, 3.05) is 0 Å². The second-order valence-electron chi connectivity index (χ2n) is 5.64. The molecule has 0 amide bonds. The zero-order valence-corrected chi connectivity index (χ0v) is 13.3. The maximum absolute atomic E-state index is 12.2. The molecular formula is C12H18BrN3OS. The lowest BCUT2D eigenvalue weighted by atomic mass is 9.77. The van der Waals surface area contributed by atoms with E-state index in [9.17, 15) is 4.55 Å². The first-order valence-electron chi connectivity index (χ1n) is 6.01. The fraction of sp³-hybridized carbons (Fsp3) is 0.667. The van der Waals surface area contributed by atoms with Gasteiger partial charge in [0.25, 0.3) is 0 Å². The van der Waals surface area contributed by atoms with Gasteiger partial charge >= 0.3 is 0 Å². The van der Waals surface area contributed by atoms with E-state index in [0.717, 1.165) is 29.6 Å². The average Bonchev–Trinajstić information content (AvgIpc) is 2.23. The molecule has 6 heteroatoms. The predicted molar refractivity (Wildman–Crippen MR) is 76.3 cm³/mol. The summed E-state index contributed by atoms with van der Waals surface area (Å²) in [5.74, 6) is 0.745. The Kier molecular flexibility index (Phi) is 4.02. The quantitative estimate of drug-likeness (QED) is 0.865. The van der Waals surface area contributed by atoms with Crippen LogP contribution in [0.4, 0.5) is 0 Å². The second kappa shape index (κ2) is 5.07. The molecule has 1 aromatic heterocycles. The van der Waals surface area contributed by atoms with Crippen LogP contribution in [0.5, 0.6) is 0 Å². The summed E-state index contributed by atoms with van der Waals surface area (Å²) in [6.07, 6.45) is 6.48. The number of nitrogens with one attached hydrogen (secondary N) is 1. The fourth-order valence-electron chi connectivity index (χ4n) is 1.79. The highest BCUT2D eigenvalue weighted by Gasteiger charge is 2.47. The number of rotatable bonds is 3. The molecule has 0 spiro atoms. The number of hydrogen-bond acceptors (Lipinski definition) is 4. The molecule has 4 nitrogen and oxygen atoms in total. The van der Waals surface area contributed by atoms with Crippen molar-refractivity contribution in [3.05, 3.63) is 22.7 Å². The van der Waals surface area contributed by atoms with Gasteiger partial charge in [-0.1, -0.05) is 0 Å². The van der Waals surface area contributed by atoms with E-state index < -0.39 is 11.4 Å². The van der Waals surface area contributed by atoms with Crippen LogP contribution in [0.25, 0.3) is 0 Å². The van der Waals surface area contributed by atoms with Gasteiger partial charge in [0, 0.05) is 23.8 Å². The first-order chi connectivity index (χ1) is 8.33. The molecule has 1 N–H and O–H groups in total. The van der Waals surface area contributed by atoms with E-state index in [1.807, 2.05) is 20.8 Å². The molecule has 1 fully saturated rings. The lowest BCUT2D eigenvalue weighted by molar-refractivity contribution is 0.208. The Morgan fingerprint density at radius 1 is 1.33 bits per heavy atom. The minimum atomic E-state index is -1.10. The van der Waals surface area contributed by atoms with Crippen molar-refractivity contribution >= 4 is 27.3 Å². The van der Waals surface area contributed by atoms with Crippen LogP contribution < -0.4 is 4.72 Å². The summed E-state index contributed by atoms with van der Waals surface area (Å²) in [4.78, 5) is 8.71. The van der Waals surface area contributed by atoms with E-state index >= 15 is 0 Å². The van der Waals surface area contributed by atoms with Crippen molar-refractivity contribution in [2.24, 2.45) is 0 Å². The lowest BCUT2D eigenvalue weighted by Gasteiger charge is -2.42. The third-order valence-electron chi connectivity index (χ3n) is 3.10. The molecule has 18 heavy (non-hydrogen) atoms. The Hall–Kier alpha value is -0.170.